The van der Waals surface area contributed by atoms with Crippen molar-refractivity contribution in [2.45, 2.75) is 19.4 Å². The van der Waals surface area contributed by atoms with E-state index >= 15 is 0 Å². The van der Waals surface area contributed by atoms with Crippen molar-refractivity contribution in [2.24, 2.45) is 0 Å². The van der Waals surface area contributed by atoms with Crippen LogP contribution in [0.15, 0.2) is 28.7 Å². The normalized spacial score (nSPS) is 12.9. The maximum atomic E-state index is 5.55. The third-order valence-electron chi connectivity index (χ3n) is 2.88. The molecule has 0 fully saturated rings. The SMILES string of the molecule is CC(Cc1ccc(Br)cc1)NCCOCCN(C)C. The van der Waals surface area contributed by atoms with Gasteiger partial charge in [-0.25, -0.2) is 0 Å². The molecule has 3 nitrogen and oxygen atoms in total. The van der Waals surface area contributed by atoms with Crippen molar-refractivity contribution in [2.75, 3.05) is 40.4 Å². The fourth-order valence-corrected chi connectivity index (χ4v) is 2.04. The number of likely N-dealkylation sites (N-methyl/N-ethyl adjacent to an activating group) is 1. The third kappa shape index (κ3) is 8.37. The van der Waals surface area contributed by atoms with E-state index in [1.807, 2.05) is 0 Å². The van der Waals surface area contributed by atoms with Gasteiger partial charge in [-0.1, -0.05) is 28.1 Å². The summed E-state index contributed by atoms with van der Waals surface area (Å²) in [5.74, 6) is 0. The van der Waals surface area contributed by atoms with Crippen LogP contribution in [0, 0.1) is 0 Å². The molecule has 108 valence electrons. The fraction of sp³-hybridized carbons (Fsp3) is 0.600. The van der Waals surface area contributed by atoms with Crippen molar-refractivity contribution in [3.63, 3.8) is 0 Å². The molecular weight excluding hydrogens is 304 g/mol. The quantitative estimate of drug-likeness (QED) is 0.705. The molecule has 1 aromatic rings. The van der Waals surface area contributed by atoms with Crippen LogP contribution in [0.4, 0.5) is 0 Å². The van der Waals surface area contributed by atoms with E-state index in [0.29, 0.717) is 6.04 Å². The molecular formula is C15H25BrN2O. The first-order valence-electron chi connectivity index (χ1n) is 6.78. The lowest BCUT2D eigenvalue weighted by molar-refractivity contribution is 0.118. The molecule has 0 saturated heterocycles. The summed E-state index contributed by atoms with van der Waals surface area (Å²) in [7, 11) is 4.11. The standard InChI is InChI=1S/C15H25BrN2O/c1-13(12-14-4-6-15(16)7-5-14)17-8-10-19-11-9-18(2)3/h4-7,13,17H,8-12H2,1-3H3. The minimum absolute atomic E-state index is 0.471. The molecule has 0 bridgehead atoms. The summed E-state index contributed by atoms with van der Waals surface area (Å²) < 4.78 is 6.68. The molecule has 0 radical (unpaired) electrons. The van der Waals surface area contributed by atoms with Gasteiger partial charge in [0.1, 0.15) is 0 Å². The Hall–Kier alpha value is -0.420. The Morgan fingerprint density at radius 3 is 2.53 bits per heavy atom. The molecule has 1 N–H and O–H groups in total. The number of rotatable bonds is 9. The first-order valence-corrected chi connectivity index (χ1v) is 7.57. The zero-order valence-corrected chi connectivity index (χ0v) is 13.7. The number of hydrogen-bond donors (Lipinski definition) is 1. The average molecular weight is 329 g/mol. The van der Waals surface area contributed by atoms with Crippen molar-refractivity contribution in [3.8, 4) is 0 Å². The van der Waals surface area contributed by atoms with Crippen LogP contribution in [0.2, 0.25) is 0 Å². The minimum atomic E-state index is 0.471. The Bertz CT molecular complexity index is 341. The lowest BCUT2D eigenvalue weighted by atomic mass is 10.1. The molecule has 0 heterocycles. The highest BCUT2D eigenvalue weighted by molar-refractivity contribution is 9.10. The topological polar surface area (TPSA) is 24.5 Å². The highest BCUT2D eigenvalue weighted by Crippen LogP contribution is 2.11. The van der Waals surface area contributed by atoms with Crippen LogP contribution >= 0.6 is 15.9 Å². The zero-order valence-electron chi connectivity index (χ0n) is 12.2. The van der Waals surface area contributed by atoms with Crippen LogP contribution in [0.25, 0.3) is 0 Å². The monoisotopic (exact) mass is 328 g/mol. The maximum absolute atomic E-state index is 5.55. The summed E-state index contributed by atoms with van der Waals surface area (Å²) in [6, 6.07) is 8.98. The molecule has 0 aliphatic heterocycles. The predicted octanol–water partition coefficient (Wildman–Crippen LogP) is 2.55. The van der Waals surface area contributed by atoms with Crippen LogP contribution in [0.1, 0.15) is 12.5 Å². The van der Waals surface area contributed by atoms with Crippen LogP contribution in [0.3, 0.4) is 0 Å². The van der Waals surface area contributed by atoms with E-state index in [1.54, 1.807) is 0 Å². The van der Waals surface area contributed by atoms with Gasteiger partial charge in [-0.05, 0) is 45.1 Å². The molecule has 0 aliphatic carbocycles. The van der Waals surface area contributed by atoms with Gasteiger partial charge in [-0.15, -0.1) is 0 Å². The fourth-order valence-electron chi connectivity index (χ4n) is 1.77. The maximum Gasteiger partial charge on any atom is 0.0593 e. The molecule has 1 atom stereocenters. The molecule has 0 amide bonds. The van der Waals surface area contributed by atoms with Gasteiger partial charge in [0.05, 0.1) is 13.2 Å². The van der Waals surface area contributed by atoms with Gasteiger partial charge in [0, 0.05) is 23.6 Å². The van der Waals surface area contributed by atoms with E-state index < -0.39 is 0 Å². The lowest BCUT2D eigenvalue weighted by Gasteiger charge is -2.15. The van der Waals surface area contributed by atoms with Gasteiger partial charge in [-0.2, -0.15) is 0 Å². The Balaban J connectivity index is 2.08. The van der Waals surface area contributed by atoms with Crippen LogP contribution in [-0.2, 0) is 11.2 Å². The summed E-state index contributed by atoms with van der Waals surface area (Å²) in [4.78, 5) is 2.13. The number of ether oxygens (including phenoxy) is 1. The average Bonchev–Trinajstić information content (AvgIpc) is 2.36. The molecule has 0 spiro atoms. The molecule has 1 aromatic carbocycles. The van der Waals surface area contributed by atoms with Crippen LogP contribution in [-0.4, -0.2) is 51.3 Å². The summed E-state index contributed by atoms with van der Waals surface area (Å²) in [5.41, 5.74) is 1.36. The van der Waals surface area contributed by atoms with Crippen molar-refractivity contribution in [1.29, 1.82) is 0 Å². The van der Waals surface area contributed by atoms with E-state index in [-0.39, 0.29) is 0 Å². The second-order valence-electron chi connectivity index (χ2n) is 5.10. The number of benzene rings is 1. The molecule has 0 aromatic heterocycles. The van der Waals surface area contributed by atoms with Crippen LogP contribution < -0.4 is 5.32 Å². The third-order valence-corrected chi connectivity index (χ3v) is 3.41. The number of halogens is 1. The molecule has 1 unspecified atom stereocenters. The first kappa shape index (κ1) is 16.6. The van der Waals surface area contributed by atoms with Gasteiger partial charge < -0.3 is 15.0 Å². The highest BCUT2D eigenvalue weighted by Gasteiger charge is 2.02. The first-order chi connectivity index (χ1) is 9.08. The molecule has 1 rings (SSSR count). The predicted molar refractivity (Wildman–Crippen MR) is 84.7 cm³/mol. The molecule has 0 saturated carbocycles. The molecule has 0 aliphatic rings. The summed E-state index contributed by atoms with van der Waals surface area (Å²) in [5, 5.41) is 3.48. The van der Waals surface area contributed by atoms with Crippen molar-refractivity contribution < 1.29 is 4.74 Å². The van der Waals surface area contributed by atoms with E-state index in [0.717, 1.165) is 37.2 Å². The Morgan fingerprint density at radius 1 is 1.21 bits per heavy atom. The van der Waals surface area contributed by atoms with Crippen molar-refractivity contribution >= 4 is 15.9 Å². The summed E-state index contributed by atoms with van der Waals surface area (Å²) >= 11 is 3.45. The van der Waals surface area contributed by atoms with Gasteiger partial charge in [0.2, 0.25) is 0 Å². The van der Waals surface area contributed by atoms with E-state index in [1.165, 1.54) is 5.56 Å². The minimum Gasteiger partial charge on any atom is -0.379 e. The van der Waals surface area contributed by atoms with Gasteiger partial charge in [-0.3, -0.25) is 0 Å². The second kappa shape index (κ2) is 9.48. The van der Waals surface area contributed by atoms with Crippen molar-refractivity contribution in [1.82, 2.24) is 10.2 Å². The molecule has 19 heavy (non-hydrogen) atoms. The number of nitrogens with zero attached hydrogens (tertiary/aromatic N) is 1. The van der Waals surface area contributed by atoms with Gasteiger partial charge in [0.25, 0.3) is 0 Å². The number of nitrogens with one attached hydrogen (secondary N) is 1. The summed E-state index contributed by atoms with van der Waals surface area (Å²) in [6.45, 7) is 5.68. The van der Waals surface area contributed by atoms with E-state index in [9.17, 15) is 0 Å². The van der Waals surface area contributed by atoms with Crippen LogP contribution in [0.5, 0.6) is 0 Å². The summed E-state index contributed by atoms with van der Waals surface area (Å²) in [6.07, 6.45) is 1.05. The lowest BCUT2D eigenvalue weighted by Crippen LogP contribution is -2.31. The van der Waals surface area contributed by atoms with Gasteiger partial charge >= 0.3 is 0 Å². The van der Waals surface area contributed by atoms with E-state index in [2.05, 4.69) is 71.4 Å². The molecule has 4 heteroatoms. The largest absolute Gasteiger partial charge is 0.379 e. The smallest absolute Gasteiger partial charge is 0.0593 e. The Morgan fingerprint density at radius 2 is 1.89 bits per heavy atom. The Labute approximate surface area is 125 Å². The van der Waals surface area contributed by atoms with E-state index in [4.69, 9.17) is 4.74 Å². The Kier molecular flexibility index (Phi) is 8.30. The van der Waals surface area contributed by atoms with Crippen molar-refractivity contribution in [3.05, 3.63) is 34.3 Å². The number of hydrogen-bond acceptors (Lipinski definition) is 3. The zero-order chi connectivity index (χ0) is 14.1. The van der Waals surface area contributed by atoms with Gasteiger partial charge in [0.15, 0.2) is 0 Å². The highest BCUT2D eigenvalue weighted by atomic mass is 79.9. The second-order valence-corrected chi connectivity index (χ2v) is 6.02.